The van der Waals surface area contributed by atoms with Crippen molar-refractivity contribution in [2.45, 2.75) is 38.5 Å². The van der Waals surface area contributed by atoms with Gasteiger partial charge >= 0.3 is 0 Å². The lowest BCUT2D eigenvalue weighted by molar-refractivity contribution is 0.120. The Bertz CT molecular complexity index is 351. The van der Waals surface area contributed by atoms with Crippen LogP contribution >= 0.6 is 0 Å². The second kappa shape index (κ2) is 13.2. The van der Waals surface area contributed by atoms with Crippen LogP contribution in [0.5, 0.6) is 0 Å². The number of guanidine groups is 1. The van der Waals surface area contributed by atoms with Gasteiger partial charge < -0.3 is 19.9 Å². The Morgan fingerprint density at radius 1 is 1.33 bits per heavy atom. The van der Waals surface area contributed by atoms with Crippen LogP contribution in [-0.2, 0) is 4.74 Å². The van der Waals surface area contributed by atoms with Crippen LogP contribution in [0.3, 0.4) is 0 Å². The number of nitrogens with one attached hydrogen (secondary N) is 1. The maximum Gasteiger partial charge on any atom is 0.193 e. The lowest BCUT2D eigenvalue weighted by Gasteiger charge is -2.32. The Kier molecular flexibility index (Phi) is 11.6. The monoisotopic (exact) mass is 338 g/mol. The molecular formula is C19H38N4O. The highest BCUT2D eigenvalue weighted by atomic mass is 16.5. The fraction of sp³-hybridized carbons (Fsp3) is 0.842. The van der Waals surface area contributed by atoms with Crippen molar-refractivity contribution in [1.29, 1.82) is 0 Å². The molecule has 0 atom stereocenters. The van der Waals surface area contributed by atoms with Gasteiger partial charge in [-0.25, -0.2) is 0 Å². The van der Waals surface area contributed by atoms with E-state index in [1.807, 2.05) is 13.1 Å². The second-order valence-electron chi connectivity index (χ2n) is 6.77. The molecule has 1 N–H and O–H groups in total. The van der Waals surface area contributed by atoms with Crippen LogP contribution in [-0.4, -0.2) is 76.3 Å². The lowest BCUT2D eigenvalue weighted by atomic mass is 9.97. The molecule has 1 fully saturated rings. The van der Waals surface area contributed by atoms with Crippen molar-refractivity contribution in [1.82, 2.24) is 15.1 Å². The Morgan fingerprint density at radius 2 is 2.08 bits per heavy atom. The molecule has 0 unspecified atom stereocenters. The first-order chi connectivity index (χ1) is 11.7. The summed E-state index contributed by atoms with van der Waals surface area (Å²) in [6.07, 6.45) is 9.36. The summed E-state index contributed by atoms with van der Waals surface area (Å²) in [5.41, 5.74) is 0. The zero-order valence-electron chi connectivity index (χ0n) is 16.1. The SMILES string of the molecule is C=CCCCCCN(C)C(=NC)NCC1CCN(CCOC)CC1. The minimum absolute atomic E-state index is 0.751. The average Bonchev–Trinajstić information content (AvgIpc) is 2.61. The minimum atomic E-state index is 0.751. The van der Waals surface area contributed by atoms with Gasteiger partial charge in [0, 0.05) is 40.8 Å². The normalized spacial score (nSPS) is 17.0. The quantitative estimate of drug-likeness (QED) is 0.272. The zero-order valence-corrected chi connectivity index (χ0v) is 16.1. The molecule has 1 rings (SSSR count). The molecule has 5 nitrogen and oxygen atoms in total. The Balaban J connectivity index is 2.18. The predicted molar refractivity (Wildman–Crippen MR) is 104 cm³/mol. The Morgan fingerprint density at radius 3 is 2.71 bits per heavy atom. The Hall–Kier alpha value is -1.07. The van der Waals surface area contributed by atoms with Crippen LogP contribution in [0, 0.1) is 5.92 Å². The van der Waals surface area contributed by atoms with Gasteiger partial charge in [0.15, 0.2) is 5.96 Å². The number of aliphatic imine (C=N–C) groups is 1. The van der Waals surface area contributed by atoms with Gasteiger partial charge in [-0.05, 0) is 51.1 Å². The van der Waals surface area contributed by atoms with Crippen molar-refractivity contribution >= 4 is 5.96 Å². The third-order valence-corrected chi connectivity index (χ3v) is 4.84. The molecule has 1 heterocycles. The van der Waals surface area contributed by atoms with E-state index in [1.165, 1.54) is 45.2 Å². The third kappa shape index (κ3) is 8.69. The first kappa shape index (κ1) is 21.0. The van der Waals surface area contributed by atoms with E-state index in [0.717, 1.165) is 44.5 Å². The van der Waals surface area contributed by atoms with E-state index in [9.17, 15) is 0 Å². The Labute approximate surface area is 149 Å². The maximum atomic E-state index is 5.16. The summed E-state index contributed by atoms with van der Waals surface area (Å²) >= 11 is 0. The van der Waals surface area contributed by atoms with E-state index in [2.05, 4.69) is 33.7 Å². The summed E-state index contributed by atoms with van der Waals surface area (Å²) in [5.74, 6) is 1.78. The van der Waals surface area contributed by atoms with Crippen molar-refractivity contribution < 1.29 is 4.74 Å². The van der Waals surface area contributed by atoms with Gasteiger partial charge in [0.05, 0.1) is 6.61 Å². The topological polar surface area (TPSA) is 40.1 Å². The van der Waals surface area contributed by atoms with Gasteiger partial charge in [0.1, 0.15) is 0 Å². The molecule has 0 bridgehead atoms. The molecule has 0 saturated carbocycles. The predicted octanol–water partition coefficient (Wildman–Crippen LogP) is 2.60. The molecule has 0 spiro atoms. The maximum absolute atomic E-state index is 5.16. The molecule has 0 amide bonds. The first-order valence-corrected chi connectivity index (χ1v) is 9.45. The second-order valence-corrected chi connectivity index (χ2v) is 6.77. The molecule has 1 saturated heterocycles. The molecule has 24 heavy (non-hydrogen) atoms. The highest BCUT2D eigenvalue weighted by Gasteiger charge is 2.19. The van der Waals surface area contributed by atoms with Crippen LogP contribution < -0.4 is 5.32 Å². The molecule has 0 aliphatic carbocycles. The van der Waals surface area contributed by atoms with Crippen molar-refractivity contribution in [2.24, 2.45) is 10.9 Å². The molecule has 0 aromatic heterocycles. The van der Waals surface area contributed by atoms with Crippen molar-refractivity contribution in [3.8, 4) is 0 Å². The van der Waals surface area contributed by atoms with Crippen LogP contribution in [0.2, 0.25) is 0 Å². The highest BCUT2D eigenvalue weighted by Crippen LogP contribution is 2.16. The number of hydrogen-bond donors (Lipinski definition) is 1. The van der Waals surface area contributed by atoms with Crippen molar-refractivity contribution in [3.63, 3.8) is 0 Å². The van der Waals surface area contributed by atoms with Crippen molar-refractivity contribution in [2.75, 3.05) is 60.5 Å². The molecule has 140 valence electrons. The number of unbranched alkanes of at least 4 members (excludes halogenated alkanes) is 3. The molecular weight excluding hydrogens is 300 g/mol. The fourth-order valence-electron chi connectivity index (χ4n) is 3.18. The summed E-state index contributed by atoms with van der Waals surface area (Å²) in [6, 6.07) is 0. The van der Waals surface area contributed by atoms with E-state index in [-0.39, 0.29) is 0 Å². The number of ether oxygens (including phenoxy) is 1. The molecule has 0 aromatic carbocycles. The van der Waals surface area contributed by atoms with Crippen LogP contribution in [0.25, 0.3) is 0 Å². The summed E-state index contributed by atoms with van der Waals surface area (Å²) in [4.78, 5) is 9.19. The number of piperidine rings is 1. The van der Waals surface area contributed by atoms with Crippen LogP contribution in [0.15, 0.2) is 17.6 Å². The molecule has 0 radical (unpaired) electrons. The third-order valence-electron chi connectivity index (χ3n) is 4.84. The number of methoxy groups -OCH3 is 1. The number of nitrogens with zero attached hydrogens (tertiary/aromatic N) is 3. The first-order valence-electron chi connectivity index (χ1n) is 9.45. The average molecular weight is 339 g/mol. The van der Waals surface area contributed by atoms with E-state index in [1.54, 1.807) is 7.11 Å². The van der Waals surface area contributed by atoms with Gasteiger partial charge in [0.25, 0.3) is 0 Å². The number of hydrogen-bond acceptors (Lipinski definition) is 3. The fourth-order valence-corrected chi connectivity index (χ4v) is 3.18. The highest BCUT2D eigenvalue weighted by molar-refractivity contribution is 5.79. The number of likely N-dealkylation sites (tertiary alicyclic amines) is 1. The van der Waals surface area contributed by atoms with E-state index in [4.69, 9.17) is 4.74 Å². The van der Waals surface area contributed by atoms with Gasteiger partial charge in [-0.3, -0.25) is 4.99 Å². The summed E-state index contributed by atoms with van der Waals surface area (Å²) in [7, 11) is 5.79. The molecule has 1 aliphatic heterocycles. The van der Waals surface area contributed by atoms with E-state index in [0.29, 0.717) is 0 Å². The largest absolute Gasteiger partial charge is 0.383 e. The smallest absolute Gasteiger partial charge is 0.193 e. The molecule has 1 aliphatic rings. The van der Waals surface area contributed by atoms with Gasteiger partial charge in [0.2, 0.25) is 0 Å². The van der Waals surface area contributed by atoms with Gasteiger partial charge in [-0.2, -0.15) is 0 Å². The van der Waals surface area contributed by atoms with Gasteiger partial charge in [-0.15, -0.1) is 6.58 Å². The summed E-state index contributed by atoms with van der Waals surface area (Å²) < 4.78 is 5.16. The van der Waals surface area contributed by atoms with E-state index >= 15 is 0 Å². The summed E-state index contributed by atoms with van der Waals surface area (Å²) in [5, 5.41) is 3.57. The number of rotatable bonds is 11. The van der Waals surface area contributed by atoms with Gasteiger partial charge in [-0.1, -0.05) is 12.5 Å². The molecule has 0 aromatic rings. The lowest BCUT2D eigenvalue weighted by Crippen LogP contribution is -2.44. The van der Waals surface area contributed by atoms with Crippen LogP contribution in [0.1, 0.15) is 38.5 Å². The van der Waals surface area contributed by atoms with Crippen molar-refractivity contribution in [3.05, 3.63) is 12.7 Å². The zero-order chi connectivity index (χ0) is 17.6. The number of allylic oxidation sites excluding steroid dienone is 1. The van der Waals surface area contributed by atoms with Crippen LogP contribution in [0.4, 0.5) is 0 Å². The standard InChI is InChI=1S/C19H38N4O/c1-5-6-7-8-9-12-22(3)19(20-2)21-17-18-10-13-23(14-11-18)15-16-24-4/h5,18H,1,6-17H2,2-4H3,(H,20,21). The summed E-state index contributed by atoms with van der Waals surface area (Å²) in [6.45, 7) is 10.1. The van der Waals surface area contributed by atoms with E-state index < -0.39 is 0 Å². The molecule has 5 heteroatoms. The minimum Gasteiger partial charge on any atom is -0.383 e.